The molecule has 0 spiro atoms. The second-order valence-electron chi connectivity index (χ2n) is 4.07. The minimum Gasteiger partial charge on any atom is -0.382 e. The van der Waals surface area contributed by atoms with Gasteiger partial charge in [-0.05, 0) is 19.1 Å². The molecule has 2 N–H and O–H groups in total. The Hall–Kier alpha value is -2.30. The lowest BCUT2D eigenvalue weighted by molar-refractivity contribution is 0.658. The highest BCUT2D eigenvalue weighted by atomic mass is 15.3. The number of rotatable bonds is 2. The van der Waals surface area contributed by atoms with Crippen LogP contribution in [-0.2, 0) is 6.54 Å². The molecule has 3 aromatic heterocycles. The largest absolute Gasteiger partial charge is 0.382 e. The molecule has 5 heteroatoms. The van der Waals surface area contributed by atoms with Crippen LogP contribution >= 0.6 is 0 Å². The fraction of sp³-hybridized carbons (Fsp3) is 0.167. The summed E-state index contributed by atoms with van der Waals surface area (Å²) in [6.45, 7) is 2.63. The van der Waals surface area contributed by atoms with Crippen molar-refractivity contribution in [1.82, 2.24) is 19.2 Å². The normalized spacial score (nSPS) is 11.1. The van der Waals surface area contributed by atoms with Crippen LogP contribution in [-0.4, -0.2) is 19.2 Å². The molecule has 0 unspecified atom stereocenters. The zero-order valence-electron chi connectivity index (χ0n) is 9.54. The molecule has 0 bridgehead atoms. The van der Waals surface area contributed by atoms with E-state index in [-0.39, 0.29) is 0 Å². The lowest BCUT2D eigenvalue weighted by Gasteiger charge is -1.99. The molecule has 0 fully saturated rings. The summed E-state index contributed by atoms with van der Waals surface area (Å²) in [6, 6.07) is 7.79. The van der Waals surface area contributed by atoms with E-state index < -0.39 is 0 Å². The molecule has 0 amide bonds. The summed E-state index contributed by atoms with van der Waals surface area (Å²) in [7, 11) is 0. The van der Waals surface area contributed by atoms with E-state index in [1.165, 1.54) is 0 Å². The van der Waals surface area contributed by atoms with Gasteiger partial charge in [0.1, 0.15) is 11.5 Å². The van der Waals surface area contributed by atoms with E-state index in [1.807, 2.05) is 52.7 Å². The van der Waals surface area contributed by atoms with Crippen molar-refractivity contribution in [2.45, 2.75) is 13.5 Å². The van der Waals surface area contributed by atoms with Gasteiger partial charge in [0.15, 0.2) is 0 Å². The van der Waals surface area contributed by atoms with Crippen LogP contribution in [0.2, 0.25) is 0 Å². The summed E-state index contributed by atoms with van der Waals surface area (Å²) in [5, 5.41) is 4.22. The molecular formula is C12H13N5. The highest BCUT2D eigenvalue weighted by Gasteiger charge is 2.05. The van der Waals surface area contributed by atoms with Crippen LogP contribution in [0.1, 0.15) is 11.4 Å². The maximum atomic E-state index is 5.65. The first kappa shape index (κ1) is 9.89. The molecule has 0 atom stereocenters. The molecule has 0 saturated heterocycles. The monoisotopic (exact) mass is 227 g/mol. The summed E-state index contributed by atoms with van der Waals surface area (Å²) >= 11 is 0. The van der Waals surface area contributed by atoms with Crippen LogP contribution in [0.25, 0.3) is 5.65 Å². The highest BCUT2D eigenvalue weighted by molar-refractivity contribution is 5.39. The van der Waals surface area contributed by atoms with Crippen molar-refractivity contribution in [2.75, 3.05) is 5.73 Å². The highest BCUT2D eigenvalue weighted by Crippen LogP contribution is 2.09. The summed E-state index contributed by atoms with van der Waals surface area (Å²) in [4.78, 5) is 4.52. The van der Waals surface area contributed by atoms with Gasteiger partial charge in [-0.2, -0.15) is 5.10 Å². The van der Waals surface area contributed by atoms with Gasteiger partial charge in [-0.25, -0.2) is 4.98 Å². The molecule has 0 radical (unpaired) electrons. The van der Waals surface area contributed by atoms with E-state index in [1.54, 1.807) is 0 Å². The fourth-order valence-electron chi connectivity index (χ4n) is 1.91. The van der Waals surface area contributed by atoms with Crippen molar-refractivity contribution in [3.63, 3.8) is 0 Å². The van der Waals surface area contributed by atoms with E-state index in [0.29, 0.717) is 12.4 Å². The average Bonchev–Trinajstić information content (AvgIpc) is 2.82. The Bertz CT molecular complexity index is 631. The molecule has 3 aromatic rings. The number of fused-ring (bicyclic) bond motifs is 1. The number of aromatic nitrogens is 4. The molecule has 17 heavy (non-hydrogen) atoms. The van der Waals surface area contributed by atoms with Gasteiger partial charge in [0, 0.05) is 24.2 Å². The average molecular weight is 227 g/mol. The Labute approximate surface area is 98.5 Å². The second kappa shape index (κ2) is 3.62. The van der Waals surface area contributed by atoms with Gasteiger partial charge in [0.05, 0.1) is 12.2 Å². The third kappa shape index (κ3) is 1.75. The van der Waals surface area contributed by atoms with Gasteiger partial charge in [-0.15, -0.1) is 0 Å². The van der Waals surface area contributed by atoms with E-state index in [0.717, 1.165) is 17.0 Å². The predicted octanol–water partition coefficient (Wildman–Crippen LogP) is 1.47. The Morgan fingerprint density at radius 2 is 2.24 bits per heavy atom. The maximum absolute atomic E-state index is 5.65. The van der Waals surface area contributed by atoms with Crippen LogP contribution in [0.3, 0.4) is 0 Å². The zero-order chi connectivity index (χ0) is 11.8. The third-order valence-electron chi connectivity index (χ3n) is 2.73. The van der Waals surface area contributed by atoms with Crippen molar-refractivity contribution in [3.8, 4) is 0 Å². The van der Waals surface area contributed by atoms with Crippen LogP contribution in [0, 0.1) is 6.92 Å². The summed E-state index contributed by atoms with van der Waals surface area (Å²) < 4.78 is 3.86. The lowest BCUT2D eigenvalue weighted by atomic mass is 10.4. The topological polar surface area (TPSA) is 61.1 Å². The minimum absolute atomic E-state index is 0.547. The molecule has 0 aromatic carbocycles. The van der Waals surface area contributed by atoms with Crippen molar-refractivity contribution in [3.05, 3.63) is 48.0 Å². The number of aryl methyl sites for hydroxylation is 1. The van der Waals surface area contributed by atoms with E-state index in [4.69, 9.17) is 5.73 Å². The number of nitrogen functional groups attached to an aromatic ring is 1. The van der Waals surface area contributed by atoms with E-state index in [9.17, 15) is 0 Å². The van der Waals surface area contributed by atoms with Crippen molar-refractivity contribution in [1.29, 1.82) is 0 Å². The first-order valence-corrected chi connectivity index (χ1v) is 5.45. The number of anilines is 1. The summed E-state index contributed by atoms with van der Waals surface area (Å²) in [5.41, 5.74) is 8.61. The first-order valence-electron chi connectivity index (χ1n) is 5.45. The van der Waals surface area contributed by atoms with Gasteiger partial charge < -0.3 is 10.1 Å². The van der Waals surface area contributed by atoms with Crippen molar-refractivity contribution >= 4 is 11.5 Å². The predicted molar refractivity (Wildman–Crippen MR) is 65.7 cm³/mol. The molecule has 3 heterocycles. The van der Waals surface area contributed by atoms with Crippen LogP contribution in [0.15, 0.2) is 36.7 Å². The molecule has 5 nitrogen and oxygen atoms in total. The van der Waals surface area contributed by atoms with Crippen LogP contribution in [0.4, 0.5) is 5.82 Å². The number of hydrogen-bond acceptors (Lipinski definition) is 3. The molecule has 0 aliphatic carbocycles. The molecular weight excluding hydrogens is 214 g/mol. The van der Waals surface area contributed by atoms with E-state index >= 15 is 0 Å². The van der Waals surface area contributed by atoms with E-state index in [2.05, 4.69) is 10.1 Å². The smallest absolute Gasteiger partial charge is 0.145 e. The quantitative estimate of drug-likeness (QED) is 0.721. The number of nitrogens with zero attached hydrogens (tertiary/aromatic N) is 4. The third-order valence-corrected chi connectivity index (χ3v) is 2.73. The minimum atomic E-state index is 0.547. The fourth-order valence-corrected chi connectivity index (χ4v) is 1.91. The number of nitrogens with two attached hydrogens (primary N) is 1. The molecule has 86 valence electrons. The first-order chi connectivity index (χ1) is 8.22. The Kier molecular flexibility index (Phi) is 2.11. The Balaban J connectivity index is 1.97. The lowest BCUT2D eigenvalue weighted by Crippen LogP contribution is -2.04. The Morgan fingerprint density at radius 3 is 2.94 bits per heavy atom. The number of imidazole rings is 1. The Morgan fingerprint density at radius 1 is 1.35 bits per heavy atom. The SMILES string of the molecule is Cc1cc(N)nn1Cc1cn2ccccc2n1. The van der Waals surface area contributed by atoms with Gasteiger partial charge in [0.25, 0.3) is 0 Å². The summed E-state index contributed by atoms with van der Waals surface area (Å²) in [6.07, 6.45) is 3.99. The van der Waals surface area contributed by atoms with Gasteiger partial charge in [0.2, 0.25) is 0 Å². The number of hydrogen-bond donors (Lipinski definition) is 1. The van der Waals surface area contributed by atoms with Crippen LogP contribution < -0.4 is 5.73 Å². The molecule has 3 rings (SSSR count). The zero-order valence-corrected chi connectivity index (χ0v) is 9.54. The molecule has 0 saturated carbocycles. The maximum Gasteiger partial charge on any atom is 0.145 e. The van der Waals surface area contributed by atoms with Crippen molar-refractivity contribution in [2.24, 2.45) is 0 Å². The molecule has 0 aliphatic heterocycles. The standard InChI is InChI=1S/C12H13N5/c1-9-6-11(13)15-17(9)8-10-7-16-5-3-2-4-12(16)14-10/h2-7H,8H2,1H3,(H2,13,15). The number of pyridine rings is 1. The van der Waals surface area contributed by atoms with Gasteiger partial charge in [-0.1, -0.05) is 6.07 Å². The van der Waals surface area contributed by atoms with Gasteiger partial charge >= 0.3 is 0 Å². The molecule has 0 aliphatic rings. The summed E-state index contributed by atoms with van der Waals surface area (Å²) in [5.74, 6) is 0.547. The van der Waals surface area contributed by atoms with Crippen LogP contribution in [0.5, 0.6) is 0 Å². The van der Waals surface area contributed by atoms with Crippen molar-refractivity contribution < 1.29 is 0 Å². The van der Waals surface area contributed by atoms with Gasteiger partial charge in [-0.3, -0.25) is 4.68 Å². The second-order valence-corrected chi connectivity index (χ2v) is 4.07.